The predicted molar refractivity (Wildman–Crippen MR) is 103 cm³/mol. The molecule has 2 fully saturated rings. The highest BCUT2D eigenvalue weighted by molar-refractivity contribution is 5.73. The largest absolute Gasteiger partial charge is 1.00 e. The molecule has 0 aromatic carbocycles. The Morgan fingerprint density at radius 2 is 1.93 bits per heavy atom. The van der Waals surface area contributed by atoms with Crippen molar-refractivity contribution in [3.63, 3.8) is 0 Å². The highest BCUT2D eigenvalue weighted by Crippen LogP contribution is 2.31. The first kappa shape index (κ1) is 21.8. The lowest BCUT2D eigenvalue weighted by Gasteiger charge is -2.18. The maximum Gasteiger partial charge on any atom is 1.00 e. The number of hydrogen-bond acceptors (Lipinski definition) is 5. The Hall–Kier alpha value is -2.54. The van der Waals surface area contributed by atoms with Gasteiger partial charge in [-0.1, -0.05) is 12.2 Å². The van der Waals surface area contributed by atoms with Crippen molar-refractivity contribution in [1.82, 2.24) is 0 Å². The molecule has 7 nitrogen and oxygen atoms in total. The normalized spacial score (nSPS) is 32.6. The standard InChI is InChI=1S/3C7H8O2.H2O/c8-7-4-5-1-2-6(3-5)9-7;8-7-4-5-2-1-3-6(5)9-7;8-7(9)5-6-3-1-2-4-6;/h1-2,5-6H,3-4H2;1,3,5-6H,2,4H2;1-3,6H,4-5H2;1H2/p+3/t;5-,6-;;/m.1../s1. The molecule has 0 saturated carbocycles. The van der Waals surface area contributed by atoms with Crippen molar-refractivity contribution in [3.05, 3.63) is 42.9 Å². The van der Waals surface area contributed by atoms with Gasteiger partial charge in [-0.2, -0.15) is 0 Å². The highest BCUT2D eigenvalue weighted by Gasteiger charge is 2.34. The van der Waals surface area contributed by atoms with Crippen LogP contribution in [0.3, 0.4) is 0 Å². The molecule has 2 saturated heterocycles. The van der Waals surface area contributed by atoms with Crippen LogP contribution in [0.2, 0.25) is 0 Å². The number of esters is 2. The van der Waals surface area contributed by atoms with Gasteiger partial charge in [0.05, 0.1) is 37.7 Å². The molecule has 2 aliphatic heterocycles. The van der Waals surface area contributed by atoms with Crippen molar-refractivity contribution < 1.29 is 35.9 Å². The quantitative estimate of drug-likeness (QED) is 0.332. The molecule has 0 aromatic heterocycles. The van der Waals surface area contributed by atoms with E-state index in [4.69, 9.17) is 14.6 Å². The van der Waals surface area contributed by atoms with Crippen LogP contribution in [0.4, 0.5) is 0 Å². The minimum absolute atomic E-state index is 0. The van der Waals surface area contributed by atoms with Gasteiger partial charge in [0, 0.05) is 18.4 Å². The summed E-state index contributed by atoms with van der Waals surface area (Å²) in [4.78, 5) is 31.4. The number of carbonyl (C=O) groups is 3. The summed E-state index contributed by atoms with van der Waals surface area (Å²) in [5.41, 5.74) is 0. The highest BCUT2D eigenvalue weighted by atomic mass is 16.6. The molecule has 7 heteroatoms. The van der Waals surface area contributed by atoms with Crippen LogP contribution in [0.5, 0.6) is 0 Å². The summed E-state index contributed by atoms with van der Waals surface area (Å²) in [5, 5.41) is 8.33. The van der Waals surface area contributed by atoms with Crippen LogP contribution in [-0.4, -0.2) is 35.2 Å². The molecule has 0 radical (unpaired) electrons. The average molecular weight is 393 g/mol. The number of carboxylic acid groups (broad SMARTS) is 1. The number of hydrogen-bond donors (Lipinski definition) is 1. The minimum atomic E-state index is -0.708. The van der Waals surface area contributed by atoms with E-state index in [1.165, 1.54) is 0 Å². The van der Waals surface area contributed by atoms with E-state index in [1.54, 1.807) is 0 Å². The van der Waals surface area contributed by atoms with Crippen molar-refractivity contribution in [3.8, 4) is 0 Å². The van der Waals surface area contributed by atoms with Gasteiger partial charge in [0.1, 0.15) is 12.2 Å². The van der Waals surface area contributed by atoms with E-state index >= 15 is 0 Å². The smallest absolute Gasteiger partial charge is 0.481 e. The average Bonchev–Trinajstić information content (AvgIpc) is 3.35. The van der Waals surface area contributed by atoms with Crippen molar-refractivity contribution in [2.45, 2.75) is 50.7 Å². The lowest BCUT2D eigenvalue weighted by molar-refractivity contribution is -0.151. The van der Waals surface area contributed by atoms with E-state index in [-0.39, 0.29) is 43.4 Å². The Labute approximate surface area is 165 Å². The minimum Gasteiger partial charge on any atom is -0.481 e. The lowest BCUT2D eigenvalue weighted by Crippen LogP contribution is -2.22. The van der Waals surface area contributed by atoms with E-state index in [1.807, 2.05) is 30.7 Å². The third kappa shape index (κ3) is 6.27. The molecular weight excluding hydrogens is 364 g/mol. The van der Waals surface area contributed by atoms with Crippen LogP contribution in [0.1, 0.15) is 40.0 Å². The first-order valence-corrected chi connectivity index (χ1v) is 9.45. The fraction of sp³-hybridized carbons (Fsp3) is 0.524. The zero-order valence-corrected chi connectivity index (χ0v) is 15.7. The number of aliphatic carboxylic acids is 1. The van der Waals surface area contributed by atoms with Gasteiger partial charge in [-0.15, -0.1) is 0 Å². The van der Waals surface area contributed by atoms with E-state index in [9.17, 15) is 14.4 Å². The molecule has 5 rings (SSSR count). The molecule has 5 aliphatic rings. The second-order valence-electron chi connectivity index (χ2n) is 7.41. The fourth-order valence-electron chi connectivity index (χ4n) is 3.78. The van der Waals surface area contributed by atoms with E-state index < -0.39 is 5.97 Å². The van der Waals surface area contributed by atoms with Crippen molar-refractivity contribution in [2.75, 3.05) is 0 Å². The van der Waals surface area contributed by atoms with Crippen molar-refractivity contribution >= 4 is 17.9 Å². The zero-order valence-electron chi connectivity index (χ0n) is 16.7. The molecular formula is C21H29O7+3. The first-order valence-electron chi connectivity index (χ1n) is 9.45. The Morgan fingerprint density at radius 1 is 1.14 bits per heavy atom. The summed E-state index contributed by atoms with van der Waals surface area (Å²) in [5.74, 6) is 0.423. The Kier molecular flexibility index (Phi) is 7.87. The number of carboxylic acids is 1. The molecule has 4 N–H and O–H groups in total. The molecule has 152 valence electrons. The number of allylic oxidation sites excluding steroid dienone is 4. The molecule has 28 heavy (non-hydrogen) atoms. The molecule has 2 heterocycles. The second-order valence-corrected chi connectivity index (χ2v) is 7.41. The number of rotatable bonds is 2. The second kappa shape index (κ2) is 10.1. The molecule has 5 atom stereocenters. The van der Waals surface area contributed by atoms with Crippen LogP contribution < -0.4 is 0 Å². The van der Waals surface area contributed by atoms with Crippen LogP contribution in [0, 0.1) is 24.2 Å². The maximum absolute atomic E-state index is 10.7. The summed E-state index contributed by atoms with van der Waals surface area (Å²) in [6, 6.07) is 0. The van der Waals surface area contributed by atoms with Gasteiger partial charge in [0.2, 0.25) is 0 Å². The third-order valence-electron chi connectivity index (χ3n) is 5.17. The van der Waals surface area contributed by atoms with Crippen LogP contribution >= 0.6 is 0 Å². The van der Waals surface area contributed by atoms with Crippen LogP contribution in [0.15, 0.2) is 36.5 Å². The molecule has 3 aliphatic carbocycles. The number of ether oxygens (including phenoxy) is 2. The SMILES string of the molecule is O=C(O)CC1C=C[CH+]C1.O=C1CC2C=CC(C2)O1.O=C1C[C@H]2CC=C[C@H]2O1.[H+].[OH3+]. The van der Waals surface area contributed by atoms with E-state index in [0.717, 1.165) is 19.3 Å². The summed E-state index contributed by atoms with van der Waals surface area (Å²) in [6.45, 7) is 0. The van der Waals surface area contributed by atoms with Gasteiger partial charge in [0.25, 0.3) is 0 Å². The summed E-state index contributed by atoms with van der Waals surface area (Å²) in [6.07, 6.45) is 18.6. The molecule has 0 aromatic rings. The lowest BCUT2D eigenvalue weighted by atomic mass is 10.0. The van der Waals surface area contributed by atoms with Crippen LogP contribution in [-0.2, 0) is 29.3 Å². The summed E-state index contributed by atoms with van der Waals surface area (Å²) in [7, 11) is 0. The van der Waals surface area contributed by atoms with Crippen molar-refractivity contribution in [2.24, 2.45) is 17.8 Å². The van der Waals surface area contributed by atoms with Gasteiger partial charge in [-0.3, -0.25) is 14.4 Å². The van der Waals surface area contributed by atoms with Crippen molar-refractivity contribution in [1.29, 1.82) is 0 Å². The van der Waals surface area contributed by atoms with Gasteiger partial charge in [-0.05, 0) is 30.9 Å². The molecule has 3 unspecified atom stereocenters. The van der Waals surface area contributed by atoms with Gasteiger partial charge in [-0.25, -0.2) is 0 Å². The van der Waals surface area contributed by atoms with Crippen LogP contribution in [0.25, 0.3) is 0 Å². The Bertz CT molecular complexity index is 654. The first-order chi connectivity index (χ1) is 13.0. The Morgan fingerprint density at radius 3 is 2.57 bits per heavy atom. The van der Waals surface area contributed by atoms with Gasteiger partial charge in [0.15, 0.2) is 0 Å². The Balaban J connectivity index is 0.000000210. The zero-order chi connectivity index (χ0) is 19.2. The molecule has 0 amide bonds. The monoisotopic (exact) mass is 393 g/mol. The van der Waals surface area contributed by atoms with E-state index in [0.29, 0.717) is 24.7 Å². The molecule has 2 bridgehead atoms. The summed E-state index contributed by atoms with van der Waals surface area (Å²) < 4.78 is 9.91. The fourth-order valence-corrected chi connectivity index (χ4v) is 3.78. The third-order valence-corrected chi connectivity index (χ3v) is 5.17. The van der Waals surface area contributed by atoms with Gasteiger partial charge < -0.3 is 20.1 Å². The number of fused-ring (bicyclic) bond motifs is 3. The topological polar surface area (TPSA) is 123 Å². The van der Waals surface area contributed by atoms with E-state index in [2.05, 4.69) is 12.2 Å². The summed E-state index contributed by atoms with van der Waals surface area (Å²) >= 11 is 0. The number of carbonyl (C=O) groups excluding carboxylic acids is 2. The maximum atomic E-state index is 10.7. The molecule has 0 spiro atoms. The predicted octanol–water partition coefficient (Wildman–Crippen LogP) is 2.19. The van der Waals surface area contributed by atoms with Gasteiger partial charge >= 0.3 is 19.3 Å².